The Morgan fingerprint density at radius 2 is 2.05 bits per heavy atom. The summed E-state index contributed by atoms with van der Waals surface area (Å²) in [6.07, 6.45) is 4.98. The summed E-state index contributed by atoms with van der Waals surface area (Å²) in [6, 6.07) is 0.622. The zero-order valence-electron chi connectivity index (χ0n) is 11.5. The molecule has 6 heteroatoms. The first kappa shape index (κ1) is 14.8. The topological polar surface area (TPSA) is 72.5 Å². The Morgan fingerprint density at radius 3 is 2.58 bits per heavy atom. The van der Waals surface area contributed by atoms with Gasteiger partial charge in [-0.1, -0.05) is 0 Å². The number of sulfone groups is 1. The fourth-order valence-corrected chi connectivity index (χ4v) is 4.40. The Labute approximate surface area is 115 Å². The molecule has 1 N–H and O–H groups in total. The van der Waals surface area contributed by atoms with Crippen molar-refractivity contribution in [2.75, 3.05) is 25.2 Å². The molecule has 0 spiro atoms. The molecule has 0 aromatic heterocycles. The number of nitrogens with one attached hydrogen (secondary N) is 1. The lowest BCUT2D eigenvalue weighted by Gasteiger charge is -2.14. The van der Waals surface area contributed by atoms with E-state index in [9.17, 15) is 13.2 Å². The summed E-state index contributed by atoms with van der Waals surface area (Å²) in [6.45, 7) is 0.772. The molecule has 2 aliphatic carbocycles. The molecule has 19 heavy (non-hydrogen) atoms. The van der Waals surface area contributed by atoms with Gasteiger partial charge in [0.2, 0.25) is 0 Å². The highest BCUT2D eigenvalue weighted by Crippen LogP contribution is 2.50. The van der Waals surface area contributed by atoms with E-state index in [1.165, 1.54) is 20.0 Å². The molecule has 5 nitrogen and oxygen atoms in total. The van der Waals surface area contributed by atoms with E-state index in [0.717, 1.165) is 19.4 Å². The van der Waals surface area contributed by atoms with Crippen LogP contribution in [0.1, 0.15) is 38.5 Å². The van der Waals surface area contributed by atoms with E-state index >= 15 is 0 Å². The number of hydrogen-bond donors (Lipinski definition) is 1. The van der Waals surface area contributed by atoms with E-state index in [1.807, 2.05) is 0 Å². The quantitative estimate of drug-likeness (QED) is 0.504. The Balaban J connectivity index is 1.71. The molecule has 0 unspecified atom stereocenters. The third-order valence-corrected chi connectivity index (χ3v) is 5.84. The zero-order chi connectivity index (χ0) is 13.9. The minimum atomic E-state index is -3.06. The molecular formula is C13H23NO4S. The lowest BCUT2D eigenvalue weighted by Crippen LogP contribution is -2.25. The molecule has 0 heterocycles. The van der Waals surface area contributed by atoms with Crippen LogP contribution in [0, 0.1) is 5.41 Å². The number of carbonyl (C=O) groups is 1. The van der Waals surface area contributed by atoms with E-state index in [1.54, 1.807) is 0 Å². The van der Waals surface area contributed by atoms with Crippen LogP contribution in [0.15, 0.2) is 0 Å². The third-order valence-electron chi connectivity index (χ3n) is 3.87. The van der Waals surface area contributed by atoms with Crippen molar-refractivity contribution in [1.29, 1.82) is 0 Å². The molecule has 0 amide bonds. The van der Waals surface area contributed by atoms with Gasteiger partial charge in [-0.25, -0.2) is 8.42 Å². The largest absolute Gasteiger partial charge is 0.469 e. The van der Waals surface area contributed by atoms with Gasteiger partial charge in [0, 0.05) is 6.04 Å². The predicted molar refractivity (Wildman–Crippen MR) is 72.6 cm³/mol. The zero-order valence-corrected chi connectivity index (χ0v) is 12.3. The van der Waals surface area contributed by atoms with Crippen LogP contribution >= 0.6 is 0 Å². The Bertz CT molecular complexity index is 424. The molecule has 110 valence electrons. The van der Waals surface area contributed by atoms with E-state index in [0.29, 0.717) is 12.5 Å². The Morgan fingerprint density at radius 1 is 1.37 bits per heavy atom. The maximum Gasteiger partial charge on any atom is 0.306 e. The fraction of sp³-hybridized carbons (Fsp3) is 0.923. The predicted octanol–water partition coefficient (Wildman–Crippen LogP) is 0.887. The first-order valence-corrected chi connectivity index (χ1v) is 8.78. The Hall–Kier alpha value is -0.620. The average Bonchev–Trinajstić information content (AvgIpc) is 3.22. The lowest BCUT2D eigenvalue weighted by molar-refractivity contribution is -0.141. The third kappa shape index (κ3) is 5.10. The monoisotopic (exact) mass is 289 g/mol. The molecule has 0 radical (unpaired) electrons. The molecule has 2 saturated carbocycles. The number of methoxy groups -OCH3 is 1. The standard InChI is InChI=1S/C13H23NO4S/c1-18-12(15)9-13(5-6-13)10-19(16,17)8-2-7-14-11-3-4-11/h11,14H,2-10H2,1H3. The first-order chi connectivity index (χ1) is 8.95. The van der Waals surface area contributed by atoms with Crippen molar-refractivity contribution in [2.24, 2.45) is 5.41 Å². The summed E-state index contributed by atoms with van der Waals surface area (Å²) in [7, 11) is -1.71. The van der Waals surface area contributed by atoms with Crippen molar-refractivity contribution in [1.82, 2.24) is 5.32 Å². The van der Waals surface area contributed by atoms with Gasteiger partial charge in [-0.05, 0) is 44.1 Å². The first-order valence-electron chi connectivity index (χ1n) is 6.95. The van der Waals surface area contributed by atoms with Gasteiger partial charge in [0.25, 0.3) is 0 Å². The summed E-state index contributed by atoms with van der Waals surface area (Å²) in [4.78, 5) is 11.3. The maximum absolute atomic E-state index is 12.0. The highest BCUT2D eigenvalue weighted by Gasteiger charge is 2.47. The van der Waals surface area contributed by atoms with Gasteiger partial charge >= 0.3 is 5.97 Å². The van der Waals surface area contributed by atoms with Gasteiger partial charge in [0.15, 0.2) is 9.84 Å². The van der Waals surface area contributed by atoms with Gasteiger partial charge in [-0.2, -0.15) is 0 Å². The highest BCUT2D eigenvalue weighted by atomic mass is 32.2. The number of carbonyl (C=O) groups excluding carboxylic acids is 1. The number of hydrogen-bond acceptors (Lipinski definition) is 5. The smallest absolute Gasteiger partial charge is 0.306 e. The van der Waals surface area contributed by atoms with Crippen LogP contribution in [-0.2, 0) is 19.4 Å². The molecule has 0 aliphatic heterocycles. The van der Waals surface area contributed by atoms with Gasteiger partial charge in [-0.15, -0.1) is 0 Å². The number of ether oxygens (including phenoxy) is 1. The van der Waals surface area contributed by atoms with Gasteiger partial charge in [0.1, 0.15) is 0 Å². The molecule has 2 fully saturated rings. The van der Waals surface area contributed by atoms with Gasteiger partial charge in [-0.3, -0.25) is 4.79 Å². The minimum Gasteiger partial charge on any atom is -0.469 e. The molecule has 2 rings (SSSR count). The lowest BCUT2D eigenvalue weighted by atomic mass is 10.1. The summed E-state index contributed by atoms with van der Waals surface area (Å²) in [5, 5.41) is 3.31. The SMILES string of the molecule is COC(=O)CC1(CS(=O)(=O)CCCNC2CC2)CC1. The van der Waals surface area contributed by atoms with Crippen molar-refractivity contribution in [3.05, 3.63) is 0 Å². The van der Waals surface area contributed by atoms with Crippen molar-refractivity contribution < 1.29 is 17.9 Å². The van der Waals surface area contributed by atoms with Crippen LogP contribution in [0.5, 0.6) is 0 Å². The molecular weight excluding hydrogens is 266 g/mol. The maximum atomic E-state index is 12.0. The van der Waals surface area contributed by atoms with E-state index < -0.39 is 9.84 Å². The van der Waals surface area contributed by atoms with E-state index in [4.69, 9.17) is 0 Å². The molecule has 0 aromatic rings. The van der Waals surface area contributed by atoms with Gasteiger partial charge in [0.05, 0.1) is 25.0 Å². The van der Waals surface area contributed by atoms with Crippen molar-refractivity contribution in [3.8, 4) is 0 Å². The second-order valence-electron chi connectivity index (χ2n) is 5.93. The summed E-state index contributed by atoms with van der Waals surface area (Å²) >= 11 is 0. The molecule has 2 aliphatic rings. The van der Waals surface area contributed by atoms with Crippen molar-refractivity contribution >= 4 is 15.8 Å². The second-order valence-corrected chi connectivity index (χ2v) is 8.11. The fourth-order valence-electron chi connectivity index (χ4n) is 2.35. The molecule has 0 aromatic carbocycles. The molecule has 0 atom stereocenters. The van der Waals surface area contributed by atoms with Crippen LogP contribution in [0.25, 0.3) is 0 Å². The van der Waals surface area contributed by atoms with Gasteiger partial charge < -0.3 is 10.1 Å². The van der Waals surface area contributed by atoms with Crippen molar-refractivity contribution in [3.63, 3.8) is 0 Å². The summed E-state index contributed by atoms with van der Waals surface area (Å²) < 4.78 is 28.7. The van der Waals surface area contributed by atoms with Crippen molar-refractivity contribution in [2.45, 2.75) is 44.6 Å². The van der Waals surface area contributed by atoms with E-state index in [-0.39, 0.29) is 29.3 Å². The van der Waals surface area contributed by atoms with Crippen LogP contribution < -0.4 is 5.32 Å². The molecule has 0 bridgehead atoms. The second kappa shape index (κ2) is 5.79. The highest BCUT2D eigenvalue weighted by molar-refractivity contribution is 7.91. The van der Waals surface area contributed by atoms with E-state index in [2.05, 4.69) is 10.1 Å². The van der Waals surface area contributed by atoms with Crippen LogP contribution in [-0.4, -0.2) is 45.6 Å². The summed E-state index contributed by atoms with van der Waals surface area (Å²) in [5.41, 5.74) is -0.324. The average molecular weight is 289 g/mol. The van der Waals surface area contributed by atoms with Crippen LogP contribution in [0.3, 0.4) is 0 Å². The normalized spacial score (nSPS) is 21.1. The number of rotatable bonds is 9. The molecule has 0 saturated heterocycles. The Kier molecular flexibility index (Phi) is 4.50. The number of esters is 1. The van der Waals surface area contributed by atoms with Crippen LogP contribution in [0.2, 0.25) is 0 Å². The summed E-state index contributed by atoms with van der Waals surface area (Å²) in [5.74, 6) is 0.0526. The van der Waals surface area contributed by atoms with Crippen LogP contribution in [0.4, 0.5) is 0 Å². The minimum absolute atomic E-state index is 0.137.